The van der Waals surface area contributed by atoms with Gasteiger partial charge in [-0.2, -0.15) is 4.68 Å². The average molecular weight is 433 g/mol. The summed E-state index contributed by atoms with van der Waals surface area (Å²) in [4.78, 5) is 22.1. The van der Waals surface area contributed by atoms with Crippen LogP contribution in [0.4, 0.5) is 0 Å². The Morgan fingerprint density at radius 3 is 2.82 bits per heavy atom. The molecule has 142 valence electrons. The van der Waals surface area contributed by atoms with Crippen LogP contribution in [-0.4, -0.2) is 42.8 Å². The normalized spacial score (nSPS) is 11.1. The summed E-state index contributed by atoms with van der Waals surface area (Å²) in [5.41, 5.74) is 1.56. The molecule has 4 aromatic rings. The molecule has 28 heavy (non-hydrogen) atoms. The number of carbonyl (C=O) groups excluding carboxylic acids is 1. The second-order valence-corrected chi connectivity index (χ2v) is 7.98. The maximum Gasteiger partial charge on any atom is 0.348 e. The molecular weight excluding hydrogens is 420 g/mol. The monoisotopic (exact) mass is 432 g/mol. The van der Waals surface area contributed by atoms with E-state index in [1.807, 2.05) is 19.1 Å². The summed E-state index contributed by atoms with van der Waals surface area (Å²) in [6, 6.07) is 7.19. The smallest absolute Gasteiger partial charge is 0.348 e. The fourth-order valence-electron chi connectivity index (χ4n) is 2.58. The van der Waals surface area contributed by atoms with Gasteiger partial charge in [-0.1, -0.05) is 11.6 Å². The number of fused-ring (bicyclic) bond motifs is 1. The van der Waals surface area contributed by atoms with Crippen molar-refractivity contribution in [1.29, 1.82) is 0 Å². The number of halogens is 1. The summed E-state index contributed by atoms with van der Waals surface area (Å²) in [6.45, 7) is 3.95. The summed E-state index contributed by atoms with van der Waals surface area (Å²) in [6.07, 6.45) is 1.46. The first-order valence-corrected chi connectivity index (χ1v) is 10.2. The van der Waals surface area contributed by atoms with Crippen molar-refractivity contribution in [2.24, 2.45) is 0 Å². The third-order valence-electron chi connectivity index (χ3n) is 3.85. The molecule has 0 unspecified atom stereocenters. The number of rotatable bonds is 5. The quantitative estimate of drug-likeness (QED) is 0.345. The predicted octanol–water partition coefficient (Wildman–Crippen LogP) is 3.96. The van der Waals surface area contributed by atoms with Crippen LogP contribution in [0.25, 0.3) is 15.9 Å². The Bertz CT molecular complexity index is 1160. The van der Waals surface area contributed by atoms with E-state index in [1.165, 1.54) is 29.4 Å². The molecule has 0 amide bonds. The number of nitrogens with zero attached hydrogens (tertiary/aromatic N) is 6. The zero-order valence-corrected chi connectivity index (χ0v) is 17.2. The molecule has 0 spiro atoms. The highest BCUT2D eigenvalue weighted by Crippen LogP contribution is 2.37. The summed E-state index contributed by atoms with van der Waals surface area (Å²) >= 11 is 8.54. The van der Waals surface area contributed by atoms with Gasteiger partial charge in [0.1, 0.15) is 21.1 Å². The minimum atomic E-state index is -0.357. The molecule has 0 aliphatic carbocycles. The van der Waals surface area contributed by atoms with Gasteiger partial charge in [0.05, 0.1) is 12.3 Å². The Hall–Kier alpha value is -2.56. The van der Waals surface area contributed by atoms with Crippen LogP contribution in [0.1, 0.15) is 22.2 Å². The SMILES string of the molecule is CCOC(=O)c1sc2ncnc(Sc3nnnn3-c3ccc(Cl)cc3)c2c1C. The van der Waals surface area contributed by atoms with E-state index in [0.29, 0.717) is 31.5 Å². The van der Waals surface area contributed by atoms with Crippen LogP contribution >= 0.6 is 34.7 Å². The number of thiophene rings is 1. The Labute approximate surface area is 172 Å². The summed E-state index contributed by atoms with van der Waals surface area (Å²) in [5, 5.41) is 14.5. The summed E-state index contributed by atoms with van der Waals surface area (Å²) < 4.78 is 6.74. The molecule has 8 nitrogen and oxygen atoms in total. The number of tetrazole rings is 1. The lowest BCUT2D eigenvalue weighted by molar-refractivity contribution is 0.0531. The van der Waals surface area contributed by atoms with Crippen LogP contribution in [0, 0.1) is 6.92 Å². The number of aryl methyl sites for hydroxylation is 1. The molecule has 11 heteroatoms. The van der Waals surface area contributed by atoms with Gasteiger partial charge in [-0.15, -0.1) is 16.4 Å². The predicted molar refractivity (Wildman–Crippen MR) is 106 cm³/mol. The molecule has 0 radical (unpaired) electrons. The lowest BCUT2D eigenvalue weighted by atomic mass is 10.2. The first-order valence-electron chi connectivity index (χ1n) is 8.22. The molecule has 0 saturated heterocycles. The molecule has 0 aliphatic rings. The van der Waals surface area contributed by atoms with E-state index < -0.39 is 0 Å². The van der Waals surface area contributed by atoms with Gasteiger partial charge in [0.15, 0.2) is 0 Å². The third-order valence-corrected chi connectivity index (χ3v) is 6.22. The molecule has 0 N–H and O–H groups in total. The first kappa shape index (κ1) is 18.8. The van der Waals surface area contributed by atoms with Gasteiger partial charge in [0.25, 0.3) is 0 Å². The first-order chi connectivity index (χ1) is 13.6. The highest BCUT2D eigenvalue weighted by molar-refractivity contribution is 7.99. The molecule has 4 rings (SSSR count). The Morgan fingerprint density at radius 1 is 1.29 bits per heavy atom. The molecule has 0 aliphatic heterocycles. The van der Waals surface area contributed by atoms with Gasteiger partial charge in [-0.05, 0) is 65.9 Å². The van der Waals surface area contributed by atoms with E-state index in [9.17, 15) is 4.79 Å². The van der Waals surface area contributed by atoms with Crippen molar-refractivity contribution in [3.63, 3.8) is 0 Å². The zero-order chi connectivity index (χ0) is 19.7. The molecule has 3 heterocycles. The number of benzene rings is 1. The molecular formula is C17H13ClN6O2S2. The molecule has 0 bridgehead atoms. The van der Waals surface area contributed by atoms with E-state index in [4.69, 9.17) is 16.3 Å². The largest absolute Gasteiger partial charge is 0.462 e. The van der Waals surface area contributed by atoms with Crippen molar-refractivity contribution >= 4 is 50.9 Å². The standard InChI is InChI=1S/C17H13ClN6O2S2/c1-3-26-16(25)13-9(2)12-14(27-13)19-8-20-15(12)28-17-21-22-23-24(17)11-6-4-10(18)5-7-11/h4-8H,3H2,1-2H3. The van der Waals surface area contributed by atoms with Crippen LogP contribution in [0.15, 0.2) is 40.8 Å². The van der Waals surface area contributed by atoms with Gasteiger partial charge in [0, 0.05) is 10.4 Å². The maximum atomic E-state index is 12.2. The molecule has 0 saturated carbocycles. The van der Waals surface area contributed by atoms with Crippen LogP contribution < -0.4 is 0 Å². The Morgan fingerprint density at radius 2 is 2.07 bits per heavy atom. The van der Waals surface area contributed by atoms with Crippen LogP contribution in [0.2, 0.25) is 5.02 Å². The van der Waals surface area contributed by atoms with Crippen LogP contribution in [-0.2, 0) is 4.74 Å². The number of hydrogen-bond donors (Lipinski definition) is 0. The average Bonchev–Trinajstić information content (AvgIpc) is 3.28. The highest BCUT2D eigenvalue weighted by Gasteiger charge is 2.22. The topological polar surface area (TPSA) is 95.7 Å². The number of hydrogen-bond acceptors (Lipinski definition) is 9. The lowest BCUT2D eigenvalue weighted by Gasteiger charge is -2.05. The van der Waals surface area contributed by atoms with Crippen molar-refractivity contribution in [2.45, 2.75) is 24.0 Å². The van der Waals surface area contributed by atoms with Gasteiger partial charge >= 0.3 is 5.97 Å². The molecule has 0 fully saturated rings. The zero-order valence-electron chi connectivity index (χ0n) is 14.8. The van der Waals surface area contributed by atoms with Gasteiger partial charge in [0.2, 0.25) is 5.16 Å². The minimum absolute atomic E-state index is 0.315. The van der Waals surface area contributed by atoms with Crippen LogP contribution in [0.5, 0.6) is 0 Å². The van der Waals surface area contributed by atoms with E-state index in [0.717, 1.165) is 16.6 Å². The maximum absolute atomic E-state index is 12.2. The Kier molecular flexibility index (Phi) is 5.25. The second kappa shape index (κ2) is 7.82. The van der Waals surface area contributed by atoms with E-state index in [-0.39, 0.29) is 5.97 Å². The number of carbonyl (C=O) groups is 1. The summed E-state index contributed by atoms with van der Waals surface area (Å²) in [5.74, 6) is -0.357. The molecule has 1 aromatic carbocycles. The van der Waals surface area contributed by atoms with Crippen molar-refractivity contribution in [3.8, 4) is 5.69 Å². The van der Waals surface area contributed by atoms with Crippen molar-refractivity contribution < 1.29 is 9.53 Å². The van der Waals surface area contributed by atoms with Gasteiger partial charge in [-0.25, -0.2) is 14.8 Å². The van der Waals surface area contributed by atoms with Crippen LogP contribution in [0.3, 0.4) is 0 Å². The van der Waals surface area contributed by atoms with Crippen molar-refractivity contribution in [1.82, 2.24) is 30.2 Å². The van der Waals surface area contributed by atoms with Crippen molar-refractivity contribution in [3.05, 3.63) is 46.1 Å². The lowest BCUT2D eigenvalue weighted by Crippen LogP contribution is -2.03. The number of ether oxygens (including phenoxy) is 1. The third kappa shape index (κ3) is 3.46. The second-order valence-electron chi connectivity index (χ2n) is 5.59. The molecule has 3 aromatic heterocycles. The van der Waals surface area contributed by atoms with Crippen molar-refractivity contribution in [2.75, 3.05) is 6.61 Å². The van der Waals surface area contributed by atoms with Gasteiger partial charge < -0.3 is 4.74 Å². The molecule has 0 atom stereocenters. The highest BCUT2D eigenvalue weighted by atomic mass is 35.5. The number of esters is 1. The Balaban J connectivity index is 1.75. The van der Waals surface area contributed by atoms with Gasteiger partial charge in [-0.3, -0.25) is 0 Å². The minimum Gasteiger partial charge on any atom is -0.462 e. The summed E-state index contributed by atoms with van der Waals surface area (Å²) in [7, 11) is 0. The van der Waals surface area contributed by atoms with E-state index in [1.54, 1.807) is 23.7 Å². The van der Waals surface area contributed by atoms with E-state index >= 15 is 0 Å². The fraction of sp³-hybridized carbons (Fsp3) is 0.176. The fourth-order valence-corrected chi connectivity index (χ4v) is 4.74. The number of aromatic nitrogens is 6. The van der Waals surface area contributed by atoms with E-state index in [2.05, 4.69) is 25.5 Å².